The van der Waals surface area contributed by atoms with Crippen LogP contribution in [0, 0.1) is 13.8 Å². The van der Waals surface area contributed by atoms with Crippen molar-refractivity contribution in [2.45, 2.75) is 38.9 Å². The number of aryl methyl sites for hydroxylation is 2. The first-order valence-electron chi connectivity index (χ1n) is 9.20. The van der Waals surface area contributed by atoms with Gasteiger partial charge in [-0.25, -0.2) is 9.48 Å². The molecule has 0 saturated carbocycles. The lowest BCUT2D eigenvalue weighted by atomic mass is 10.2. The SMILES string of the molecule is Cc1cc(C)n(-c2cccc(NC(=O)N3CCCC3C(=O)NCC(F)(F)F)c2)n1. The van der Waals surface area contributed by atoms with Gasteiger partial charge in [-0.15, -0.1) is 0 Å². The van der Waals surface area contributed by atoms with Crippen molar-refractivity contribution in [3.63, 3.8) is 0 Å². The molecule has 2 N–H and O–H groups in total. The highest BCUT2D eigenvalue weighted by atomic mass is 19.4. The first-order chi connectivity index (χ1) is 13.6. The molecule has 3 amide bonds. The number of amides is 3. The summed E-state index contributed by atoms with van der Waals surface area (Å²) in [4.78, 5) is 26.0. The molecule has 10 heteroatoms. The summed E-state index contributed by atoms with van der Waals surface area (Å²) in [6.45, 7) is 2.68. The number of nitrogens with one attached hydrogen (secondary N) is 2. The van der Waals surface area contributed by atoms with Crippen LogP contribution < -0.4 is 10.6 Å². The number of carbonyl (C=O) groups excluding carboxylic acids is 2. The van der Waals surface area contributed by atoms with E-state index in [4.69, 9.17) is 0 Å². The Morgan fingerprint density at radius 2 is 2.00 bits per heavy atom. The number of aromatic nitrogens is 2. The summed E-state index contributed by atoms with van der Waals surface area (Å²) in [6, 6.07) is 7.53. The van der Waals surface area contributed by atoms with Crippen LogP contribution in [-0.4, -0.2) is 51.9 Å². The second-order valence-electron chi connectivity index (χ2n) is 7.00. The topological polar surface area (TPSA) is 79.3 Å². The summed E-state index contributed by atoms with van der Waals surface area (Å²) in [5.41, 5.74) is 3.06. The molecule has 7 nitrogen and oxygen atoms in total. The molecule has 1 atom stereocenters. The molecule has 0 radical (unpaired) electrons. The molecule has 1 saturated heterocycles. The van der Waals surface area contributed by atoms with Crippen LogP contribution in [0.2, 0.25) is 0 Å². The Morgan fingerprint density at radius 3 is 2.66 bits per heavy atom. The summed E-state index contributed by atoms with van der Waals surface area (Å²) in [5, 5.41) is 8.98. The third-order valence-corrected chi connectivity index (χ3v) is 4.63. The monoisotopic (exact) mass is 409 g/mol. The lowest BCUT2D eigenvalue weighted by Gasteiger charge is -2.24. The number of alkyl halides is 3. The van der Waals surface area contributed by atoms with Gasteiger partial charge in [-0.1, -0.05) is 6.07 Å². The first kappa shape index (κ1) is 20.7. The predicted molar refractivity (Wildman–Crippen MR) is 101 cm³/mol. The highest BCUT2D eigenvalue weighted by molar-refractivity contribution is 5.94. The third kappa shape index (κ3) is 5.07. The minimum Gasteiger partial charge on any atom is -0.345 e. The molecule has 1 fully saturated rings. The van der Waals surface area contributed by atoms with Gasteiger partial charge in [0.2, 0.25) is 5.91 Å². The minimum absolute atomic E-state index is 0.299. The Bertz CT molecular complexity index is 909. The molecule has 2 heterocycles. The highest BCUT2D eigenvalue weighted by Gasteiger charge is 2.36. The summed E-state index contributed by atoms with van der Waals surface area (Å²) in [5.74, 6) is -0.800. The Morgan fingerprint density at radius 1 is 1.24 bits per heavy atom. The minimum atomic E-state index is -4.50. The van der Waals surface area contributed by atoms with Gasteiger partial charge < -0.3 is 15.5 Å². The number of benzene rings is 1. The Balaban J connectivity index is 1.69. The van der Waals surface area contributed by atoms with Crippen LogP contribution >= 0.6 is 0 Å². The molecule has 29 heavy (non-hydrogen) atoms. The number of nitrogens with zero attached hydrogens (tertiary/aromatic N) is 3. The van der Waals surface area contributed by atoms with Gasteiger partial charge in [0, 0.05) is 17.9 Å². The Hall–Kier alpha value is -3.04. The van der Waals surface area contributed by atoms with E-state index in [0.29, 0.717) is 25.1 Å². The van der Waals surface area contributed by atoms with Gasteiger partial charge in [0.1, 0.15) is 12.6 Å². The zero-order valence-electron chi connectivity index (χ0n) is 16.1. The molecular weight excluding hydrogens is 387 g/mol. The molecule has 0 aliphatic carbocycles. The lowest BCUT2D eigenvalue weighted by molar-refractivity contribution is -0.140. The molecule has 1 aliphatic rings. The number of rotatable bonds is 4. The number of urea groups is 1. The first-order valence-corrected chi connectivity index (χ1v) is 9.20. The maximum Gasteiger partial charge on any atom is 0.405 e. The van der Waals surface area contributed by atoms with Gasteiger partial charge in [-0.2, -0.15) is 18.3 Å². The smallest absolute Gasteiger partial charge is 0.345 e. The average molecular weight is 409 g/mol. The van der Waals surface area contributed by atoms with Crippen LogP contribution in [0.5, 0.6) is 0 Å². The fourth-order valence-electron chi connectivity index (χ4n) is 3.39. The fraction of sp³-hybridized carbons (Fsp3) is 0.421. The normalized spacial score (nSPS) is 16.7. The maximum absolute atomic E-state index is 12.6. The van der Waals surface area contributed by atoms with E-state index in [2.05, 4.69) is 10.4 Å². The number of halogens is 3. The predicted octanol–water partition coefficient (Wildman–Crippen LogP) is 3.16. The molecule has 3 rings (SSSR count). The van der Waals surface area contributed by atoms with Crippen molar-refractivity contribution in [1.82, 2.24) is 20.0 Å². The molecule has 1 aromatic carbocycles. The van der Waals surface area contributed by atoms with E-state index < -0.39 is 30.7 Å². The summed E-state index contributed by atoms with van der Waals surface area (Å²) >= 11 is 0. The van der Waals surface area contributed by atoms with Crippen molar-refractivity contribution in [3.8, 4) is 5.69 Å². The summed E-state index contributed by atoms with van der Waals surface area (Å²) in [6.07, 6.45) is -3.63. The molecule has 0 bridgehead atoms. The van der Waals surface area contributed by atoms with Gasteiger partial charge in [-0.05, 0) is 51.0 Å². The van der Waals surface area contributed by atoms with Gasteiger partial charge in [0.25, 0.3) is 0 Å². The van der Waals surface area contributed by atoms with E-state index in [1.807, 2.05) is 31.3 Å². The van der Waals surface area contributed by atoms with E-state index in [-0.39, 0.29) is 0 Å². The van der Waals surface area contributed by atoms with Gasteiger partial charge in [-0.3, -0.25) is 4.79 Å². The van der Waals surface area contributed by atoms with Crippen molar-refractivity contribution in [1.29, 1.82) is 0 Å². The molecule has 1 aromatic heterocycles. The van der Waals surface area contributed by atoms with E-state index in [1.165, 1.54) is 4.90 Å². The summed E-state index contributed by atoms with van der Waals surface area (Å²) in [7, 11) is 0. The third-order valence-electron chi connectivity index (χ3n) is 4.63. The van der Waals surface area contributed by atoms with Crippen LogP contribution in [0.25, 0.3) is 5.69 Å². The number of anilines is 1. The molecule has 2 aromatic rings. The van der Waals surface area contributed by atoms with E-state index in [9.17, 15) is 22.8 Å². The summed E-state index contributed by atoms with van der Waals surface area (Å²) < 4.78 is 38.8. The maximum atomic E-state index is 12.6. The average Bonchev–Trinajstić information content (AvgIpc) is 3.25. The number of carbonyl (C=O) groups is 2. The van der Waals surface area contributed by atoms with Gasteiger partial charge in [0.15, 0.2) is 0 Å². The number of likely N-dealkylation sites (tertiary alicyclic amines) is 1. The Kier molecular flexibility index (Phi) is 5.81. The lowest BCUT2D eigenvalue weighted by Crippen LogP contribution is -2.49. The Labute approximate surface area is 165 Å². The van der Waals surface area contributed by atoms with Crippen molar-refractivity contribution in [2.24, 2.45) is 0 Å². The number of hydrogen-bond donors (Lipinski definition) is 2. The second kappa shape index (κ2) is 8.14. The van der Waals surface area contributed by atoms with Crippen molar-refractivity contribution in [3.05, 3.63) is 41.7 Å². The van der Waals surface area contributed by atoms with Crippen LogP contribution in [0.1, 0.15) is 24.2 Å². The molecule has 156 valence electrons. The van der Waals surface area contributed by atoms with Gasteiger partial charge in [0.05, 0.1) is 11.4 Å². The molecule has 0 spiro atoms. The largest absolute Gasteiger partial charge is 0.405 e. The van der Waals surface area contributed by atoms with Crippen molar-refractivity contribution < 1.29 is 22.8 Å². The standard InChI is InChI=1S/C19H22F3N5O2/c1-12-9-13(2)27(25-12)15-6-3-5-14(10-15)24-18(29)26-8-4-7-16(26)17(28)23-11-19(20,21)22/h3,5-6,9-10,16H,4,7-8,11H2,1-2H3,(H,23,28)(H,24,29). The molecule has 1 aliphatic heterocycles. The van der Waals surface area contributed by atoms with Crippen LogP contribution in [0.4, 0.5) is 23.7 Å². The highest BCUT2D eigenvalue weighted by Crippen LogP contribution is 2.22. The van der Waals surface area contributed by atoms with Crippen LogP contribution in [0.3, 0.4) is 0 Å². The van der Waals surface area contributed by atoms with Crippen LogP contribution in [-0.2, 0) is 4.79 Å². The van der Waals surface area contributed by atoms with E-state index in [0.717, 1.165) is 17.1 Å². The fourth-order valence-corrected chi connectivity index (χ4v) is 3.39. The molecule has 1 unspecified atom stereocenters. The zero-order chi connectivity index (χ0) is 21.2. The number of hydrogen-bond acceptors (Lipinski definition) is 3. The van der Waals surface area contributed by atoms with E-state index >= 15 is 0 Å². The van der Waals surface area contributed by atoms with Crippen LogP contribution in [0.15, 0.2) is 30.3 Å². The zero-order valence-corrected chi connectivity index (χ0v) is 16.1. The van der Waals surface area contributed by atoms with E-state index in [1.54, 1.807) is 22.9 Å². The van der Waals surface area contributed by atoms with Crippen molar-refractivity contribution in [2.75, 3.05) is 18.4 Å². The quantitative estimate of drug-likeness (QED) is 0.814. The molecular formula is C19H22F3N5O2. The van der Waals surface area contributed by atoms with Crippen molar-refractivity contribution >= 4 is 17.6 Å². The second-order valence-corrected chi connectivity index (χ2v) is 7.00. The van der Waals surface area contributed by atoms with Gasteiger partial charge >= 0.3 is 12.2 Å².